The third-order valence-electron chi connectivity index (χ3n) is 10.2. The topological polar surface area (TPSA) is 135 Å². The van der Waals surface area contributed by atoms with Gasteiger partial charge >= 0.3 is 5.97 Å². The van der Waals surface area contributed by atoms with Gasteiger partial charge in [-0.3, -0.25) is 19.2 Å². The Labute approximate surface area is 304 Å². The highest BCUT2D eigenvalue weighted by molar-refractivity contribution is 9.09. The molecule has 3 aliphatic heterocycles. The smallest absolute Gasteiger partial charge is 0.313 e. The number of aliphatic hydroxyl groups is 1. The molecule has 3 aliphatic rings. The van der Waals surface area contributed by atoms with Crippen molar-refractivity contribution in [3.63, 3.8) is 0 Å². The molecule has 4 rings (SSSR count). The summed E-state index contributed by atoms with van der Waals surface area (Å²) in [6, 6.07) is 7.37. The highest BCUT2D eigenvalue weighted by atomic mass is 79.9. The van der Waals surface area contributed by atoms with Gasteiger partial charge in [-0.05, 0) is 51.0 Å². The number of nitrogens with one attached hydrogen (secondary N) is 1. The minimum absolute atomic E-state index is 0.0375. The molecule has 3 fully saturated rings. The van der Waals surface area contributed by atoms with Crippen molar-refractivity contribution in [2.24, 2.45) is 11.8 Å². The largest absolute Gasteiger partial charge is 0.455 e. The third-order valence-corrected chi connectivity index (χ3v) is 11.0. The van der Waals surface area contributed by atoms with Crippen LogP contribution < -0.4 is 5.32 Å². The van der Waals surface area contributed by atoms with Gasteiger partial charge in [-0.25, -0.2) is 0 Å². The average molecular weight is 761 g/mol. The fourth-order valence-corrected chi connectivity index (χ4v) is 8.91. The van der Waals surface area contributed by atoms with Gasteiger partial charge < -0.3 is 34.4 Å². The number of methoxy groups -OCH3 is 1. The van der Waals surface area contributed by atoms with Gasteiger partial charge in [0.15, 0.2) is 0 Å². The Kier molecular flexibility index (Phi) is 14.6. The van der Waals surface area contributed by atoms with Crippen LogP contribution in [-0.4, -0.2) is 107 Å². The van der Waals surface area contributed by atoms with Crippen molar-refractivity contribution in [2.75, 3.05) is 33.4 Å². The van der Waals surface area contributed by atoms with Crippen molar-refractivity contribution in [3.05, 3.63) is 61.2 Å². The number of carbonyl (C=O) groups is 4. The summed E-state index contributed by atoms with van der Waals surface area (Å²) in [7, 11) is 1.51. The zero-order valence-electron chi connectivity index (χ0n) is 29.6. The van der Waals surface area contributed by atoms with Crippen molar-refractivity contribution in [2.45, 2.75) is 106 Å². The molecule has 12 heteroatoms. The summed E-state index contributed by atoms with van der Waals surface area (Å²) in [5, 5.41) is 12.4. The number of amides is 3. The zero-order chi connectivity index (χ0) is 36.4. The molecule has 0 aliphatic carbocycles. The van der Waals surface area contributed by atoms with Crippen molar-refractivity contribution in [1.82, 2.24) is 15.1 Å². The van der Waals surface area contributed by atoms with Crippen molar-refractivity contribution in [1.29, 1.82) is 0 Å². The third kappa shape index (κ3) is 8.35. The number of fused-ring (bicyclic) bond motifs is 1. The molecule has 0 saturated carbocycles. The number of aliphatic hydroxyl groups excluding tert-OH is 1. The van der Waals surface area contributed by atoms with E-state index in [0.717, 1.165) is 12.8 Å². The van der Waals surface area contributed by atoms with Crippen LogP contribution >= 0.6 is 15.9 Å². The molecule has 3 saturated heterocycles. The summed E-state index contributed by atoms with van der Waals surface area (Å²) in [5.41, 5.74) is -0.589. The number of alkyl halides is 1. The normalized spacial score (nSPS) is 26.9. The van der Waals surface area contributed by atoms with Crippen LogP contribution in [0, 0.1) is 11.8 Å². The second kappa shape index (κ2) is 18.4. The van der Waals surface area contributed by atoms with Gasteiger partial charge in [-0.1, -0.05) is 71.8 Å². The van der Waals surface area contributed by atoms with Crippen LogP contribution in [0.3, 0.4) is 0 Å². The van der Waals surface area contributed by atoms with Gasteiger partial charge in [0.25, 0.3) is 0 Å². The number of halogens is 1. The maximum atomic E-state index is 14.7. The number of hydrogen-bond acceptors (Lipinski definition) is 8. The number of unbranched alkanes of at least 4 members (excludes halogenated alkanes) is 2. The first-order valence-corrected chi connectivity index (χ1v) is 18.8. The van der Waals surface area contributed by atoms with Gasteiger partial charge in [0.05, 0.1) is 30.6 Å². The number of likely N-dealkylation sites (tertiary alicyclic amines) is 1. The van der Waals surface area contributed by atoms with E-state index >= 15 is 0 Å². The van der Waals surface area contributed by atoms with E-state index in [1.165, 1.54) is 7.11 Å². The summed E-state index contributed by atoms with van der Waals surface area (Å²) >= 11 is 3.75. The second-order valence-corrected chi connectivity index (χ2v) is 14.8. The second-order valence-electron chi connectivity index (χ2n) is 13.6. The highest BCUT2D eigenvalue weighted by Crippen LogP contribution is 2.60. The molecular weight excluding hydrogens is 706 g/mol. The molecule has 2 unspecified atom stereocenters. The number of benzene rings is 1. The molecule has 1 aromatic rings. The van der Waals surface area contributed by atoms with Gasteiger partial charge in [-0.2, -0.15) is 0 Å². The van der Waals surface area contributed by atoms with Crippen molar-refractivity contribution >= 4 is 39.6 Å². The maximum Gasteiger partial charge on any atom is 0.313 e. The zero-order valence-corrected chi connectivity index (χ0v) is 31.2. The lowest BCUT2D eigenvalue weighted by molar-refractivity contribution is -0.163. The number of rotatable bonds is 21. The fraction of sp³-hybridized carbons (Fsp3) is 0.632. The van der Waals surface area contributed by atoms with E-state index in [0.29, 0.717) is 50.8 Å². The Hall–Kier alpha value is -3.06. The summed E-state index contributed by atoms with van der Waals surface area (Å²) in [6.07, 6.45) is 6.29. The maximum absolute atomic E-state index is 14.7. The van der Waals surface area contributed by atoms with E-state index in [1.807, 2.05) is 37.3 Å². The number of hydrogen-bond donors (Lipinski definition) is 2. The molecule has 3 amide bonds. The first-order valence-electron chi connectivity index (χ1n) is 17.9. The molecule has 2 bridgehead atoms. The van der Waals surface area contributed by atoms with Gasteiger partial charge in [0.1, 0.15) is 17.7 Å². The predicted octanol–water partition coefficient (Wildman–Crippen LogP) is 4.48. The molecule has 276 valence electrons. The predicted molar refractivity (Wildman–Crippen MR) is 193 cm³/mol. The highest BCUT2D eigenvalue weighted by Gasteiger charge is 2.77. The van der Waals surface area contributed by atoms with E-state index in [1.54, 1.807) is 22.0 Å². The number of carbonyl (C=O) groups excluding carboxylic acids is 4. The average Bonchev–Trinajstić information content (AvgIpc) is 3.70. The Morgan fingerprint density at radius 1 is 1.20 bits per heavy atom. The summed E-state index contributed by atoms with van der Waals surface area (Å²) in [5.74, 6) is -3.33. The molecule has 0 aromatic heterocycles. The van der Waals surface area contributed by atoms with Crippen LogP contribution in [0.4, 0.5) is 0 Å². The minimum atomic E-state index is -1.24. The van der Waals surface area contributed by atoms with Crippen LogP contribution in [0.1, 0.15) is 76.9 Å². The van der Waals surface area contributed by atoms with Crippen LogP contribution in [0.2, 0.25) is 0 Å². The SMILES string of the molecule is C=CCCC(=O)N[C@H](COC)[C@H](OC(=O)[C@H]1[C@@H]2O[C@@]3(CC2Br)[C@@H]1C(=O)N(CCCCCO)[C@@H]3C(=O)N(CC=C)C(C)CCC)c1ccccc1. The molecule has 1 spiro atoms. The van der Waals surface area contributed by atoms with Crippen LogP contribution in [0.5, 0.6) is 0 Å². The summed E-state index contributed by atoms with van der Waals surface area (Å²) in [6.45, 7) is 12.4. The van der Waals surface area contributed by atoms with Crippen molar-refractivity contribution in [3.8, 4) is 0 Å². The van der Waals surface area contributed by atoms with Gasteiger partial charge in [0, 0.05) is 44.1 Å². The lowest BCUT2D eigenvalue weighted by Gasteiger charge is -2.39. The molecule has 11 nitrogen and oxygen atoms in total. The molecular formula is C38H54BrN3O8. The number of ether oxygens (including phenoxy) is 3. The Balaban J connectivity index is 1.72. The van der Waals surface area contributed by atoms with Gasteiger partial charge in [-0.15, -0.1) is 13.2 Å². The fourth-order valence-electron chi connectivity index (χ4n) is 7.97. The summed E-state index contributed by atoms with van der Waals surface area (Å²) < 4.78 is 18.5. The number of allylic oxidation sites excluding steroid dienone is 1. The Bertz CT molecular complexity index is 1350. The molecule has 2 N–H and O–H groups in total. The van der Waals surface area contributed by atoms with E-state index in [9.17, 15) is 24.3 Å². The standard InChI is InChI=1S/C38H54BrN3O8/c1-6-9-19-29(44)40-28(24-48-5)32(26-17-12-10-13-18-26)49-37(47)30-31-35(45)42(21-14-11-15-22-43)34(38(31)23-27(39)33(30)50-38)36(46)41(20-8-3)25(4)16-7-2/h6,8,10,12-13,17-18,25,27-28,30-34,43H,1,3,7,9,11,14-16,19-24H2,2,4-5H3,(H,40,44)/t25?,27?,28-,30-,31+,32-,33-,34-,38+/m1/s1. The van der Waals surface area contributed by atoms with Gasteiger partial charge in [0.2, 0.25) is 17.7 Å². The molecule has 9 atom stereocenters. The van der Waals surface area contributed by atoms with E-state index in [4.69, 9.17) is 14.2 Å². The Morgan fingerprint density at radius 3 is 2.58 bits per heavy atom. The van der Waals surface area contributed by atoms with E-state index in [2.05, 4.69) is 41.3 Å². The monoisotopic (exact) mass is 759 g/mol. The van der Waals surface area contributed by atoms with Crippen molar-refractivity contribution < 1.29 is 38.5 Å². The lowest BCUT2D eigenvalue weighted by Crippen LogP contribution is -2.58. The quantitative estimate of drug-likeness (QED) is 0.0812. The minimum Gasteiger partial charge on any atom is -0.455 e. The molecule has 0 radical (unpaired) electrons. The van der Waals surface area contributed by atoms with E-state index < -0.39 is 47.7 Å². The van der Waals surface area contributed by atoms with Crippen LogP contribution in [0.25, 0.3) is 0 Å². The molecule has 50 heavy (non-hydrogen) atoms. The number of nitrogens with zero attached hydrogens (tertiary/aromatic N) is 2. The first kappa shape index (κ1) is 39.7. The van der Waals surface area contributed by atoms with E-state index in [-0.39, 0.29) is 48.2 Å². The van der Waals surface area contributed by atoms with Crippen LogP contribution in [0.15, 0.2) is 55.6 Å². The first-order chi connectivity index (χ1) is 24.1. The lowest BCUT2D eigenvalue weighted by atomic mass is 9.70. The van der Waals surface area contributed by atoms with Crippen LogP contribution in [-0.2, 0) is 33.4 Å². The Morgan fingerprint density at radius 2 is 1.94 bits per heavy atom. The number of esters is 1. The molecule has 1 aromatic carbocycles. The molecule has 3 heterocycles. The summed E-state index contributed by atoms with van der Waals surface area (Å²) in [4.78, 5) is 59.7.